The maximum Gasteiger partial charge on any atom is 0.188 e. The minimum absolute atomic E-state index is 0.653. The number of nitrogens with zero attached hydrogens (tertiary/aromatic N) is 3. The first-order valence-electron chi connectivity index (χ1n) is 13.4. The third-order valence-electron chi connectivity index (χ3n) is 7.95. The normalized spacial score (nSPS) is 11.5. The van der Waals surface area contributed by atoms with E-state index >= 15 is 0 Å². The lowest BCUT2D eigenvalue weighted by molar-refractivity contribution is 1.16. The molecular formula is C37H23N3. The van der Waals surface area contributed by atoms with Crippen LogP contribution in [0.2, 0.25) is 0 Å². The van der Waals surface area contributed by atoms with Crippen LogP contribution in [0, 0.1) is 6.57 Å². The van der Waals surface area contributed by atoms with E-state index in [9.17, 15) is 0 Å². The van der Waals surface area contributed by atoms with Gasteiger partial charge in [0.25, 0.3) is 0 Å². The average Bonchev–Trinajstić information content (AvgIpc) is 3.53. The summed E-state index contributed by atoms with van der Waals surface area (Å²) in [6.45, 7) is 7.57. The van der Waals surface area contributed by atoms with Crippen molar-refractivity contribution < 1.29 is 0 Å². The summed E-state index contributed by atoms with van der Waals surface area (Å²) in [7, 11) is 0. The molecule has 0 saturated carbocycles. The molecule has 0 radical (unpaired) electrons. The molecule has 40 heavy (non-hydrogen) atoms. The van der Waals surface area contributed by atoms with E-state index < -0.39 is 0 Å². The molecule has 2 aromatic heterocycles. The Bertz CT molecular complexity index is 2240. The molecule has 8 rings (SSSR count). The van der Waals surface area contributed by atoms with E-state index in [2.05, 4.69) is 141 Å². The Morgan fingerprint density at radius 3 is 1.30 bits per heavy atom. The van der Waals surface area contributed by atoms with Crippen LogP contribution in [0.25, 0.3) is 71.0 Å². The maximum atomic E-state index is 7.57. The second-order valence-corrected chi connectivity index (χ2v) is 10.1. The molecule has 0 spiro atoms. The van der Waals surface area contributed by atoms with E-state index in [1.165, 1.54) is 21.8 Å². The van der Waals surface area contributed by atoms with Gasteiger partial charge in [-0.3, -0.25) is 0 Å². The molecule has 3 nitrogen and oxygen atoms in total. The van der Waals surface area contributed by atoms with Gasteiger partial charge in [-0.1, -0.05) is 97.1 Å². The van der Waals surface area contributed by atoms with Crippen LogP contribution in [0.4, 0.5) is 5.69 Å². The lowest BCUT2D eigenvalue weighted by Crippen LogP contribution is -2.01. The number of fused-ring (bicyclic) bond motifs is 6. The molecule has 0 unspecified atom stereocenters. The van der Waals surface area contributed by atoms with Gasteiger partial charge < -0.3 is 9.13 Å². The first-order chi connectivity index (χ1) is 19.8. The summed E-state index contributed by atoms with van der Waals surface area (Å²) in [6.07, 6.45) is 0. The van der Waals surface area contributed by atoms with Crippen LogP contribution in [0.1, 0.15) is 0 Å². The number of para-hydroxylation sites is 5. The van der Waals surface area contributed by atoms with Crippen molar-refractivity contribution in [2.45, 2.75) is 0 Å². The monoisotopic (exact) mass is 509 g/mol. The zero-order valence-electron chi connectivity index (χ0n) is 21.6. The Balaban J connectivity index is 1.46. The highest BCUT2D eigenvalue weighted by atomic mass is 15.0. The molecule has 186 valence electrons. The van der Waals surface area contributed by atoms with Crippen molar-refractivity contribution in [1.29, 1.82) is 0 Å². The van der Waals surface area contributed by atoms with Gasteiger partial charge in [0.15, 0.2) is 5.69 Å². The standard InChI is InChI=1S/C37H23N3/c1-38-25-22-23-37-31(24-25)30-16-6-11-21-36(30)40(37)35-20-10-5-15-29(35)28-14-4-9-19-34(28)39-32-17-7-2-12-26(32)27-13-3-8-18-33(27)39/h2-24H. The predicted octanol–water partition coefficient (Wildman–Crippen LogP) is 10.1. The first-order valence-corrected chi connectivity index (χ1v) is 13.4. The highest BCUT2D eigenvalue weighted by Crippen LogP contribution is 2.41. The number of hydrogen-bond donors (Lipinski definition) is 0. The van der Waals surface area contributed by atoms with Crippen molar-refractivity contribution in [3.63, 3.8) is 0 Å². The smallest absolute Gasteiger partial charge is 0.188 e. The molecular weight excluding hydrogens is 486 g/mol. The Morgan fingerprint density at radius 1 is 0.400 bits per heavy atom. The Hall–Kier alpha value is -5.59. The SMILES string of the molecule is [C-]#[N+]c1ccc2c(c1)c1ccccc1n2-c1ccccc1-c1ccccc1-n1c2ccccc2c2ccccc21. The molecule has 0 N–H and O–H groups in total. The van der Waals surface area contributed by atoms with E-state index in [0.717, 1.165) is 44.3 Å². The molecule has 0 aliphatic carbocycles. The van der Waals surface area contributed by atoms with Crippen LogP contribution in [0.15, 0.2) is 140 Å². The highest BCUT2D eigenvalue weighted by molar-refractivity contribution is 6.12. The van der Waals surface area contributed by atoms with Gasteiger partial charge in [-0.05, 0) is 47.9 Å². The van der Waals surface area contributed by atoms with E-state index in [1.54, 1.807) is 0 Å². The lowest BCUT2D eigenvalue weighted by atomic mass is 10.0. The average molecular weight is 510 g/mol. The molecule has 0 aliphatic rings. The van der Waals surface area contributed by atoms with Gasteiger partial charge in [-0.15, -0.1) is 0 Å². The Kier molecular flexibility index (Phi) is 4.89. The van der Waals surface area contributed by atoms with E-state index in [0.29, 0.717) is 5.69 Å². The molecule has 0 fully saturated rings. The molecule has 0 amide bonds. The lowest BCUT2D eigenvalue weighted by Gasteiger charge is -2.18. The van der Waals surface area contributed by atoms with E-state index in [-0.39, 0.29) is 0 Å². The van der Waals surface area contributed by atoms with Crippen LogP contribution >= 0.6 is 0 Å². The molecule has 8 aromatic rings. The van der Waals surface area contributed by atoms with Crippen LogP contribution in [-0.2, 0) is 0 Å². The van der Waals surface area contributed by atoms with Crippen molar-refractivity contribution >= 4 is 49.3 Å². The third-order valence-corrected chi connectivity index (χ3v) is 7.95. The van der Waals surface area contributed by atoms with Crippen LogP contribution < -0.4 is 0 Å². The van der Waals surface area contributed by atoms with E-state index in [4.69, 9.17) is 6.57 Å². The Morgan fingerprint density at radius 2 is 0.800 bits per heavy atom. The zero-order chi connectivity index (χ0) is 26.6. The van der Waals surface area contributed by atoms with Crippen molar-refractivity contribution in [2.75, 3.05) is 0 Å². The van der Waals surface area contributed by atoms with Crippen molar-refractivity contribution in [3.05, 3.63) is 151 Å². The minimum atomic E-state index is 0.653. The number of hydrogen-bond acceptors (Lipinski definition) is 0. The minimum Gasteiger partial charge on any atom is -0.309 e. The third kappa shape index (κ3) is 3.17. The van der Waals surface area contributed by atoms with Gasteiger partial charge in [0.05, 0.1) is 40.0 Å². The van der Waals surface area contributed by atoms with Crippen LogP contribution in [0.5, 0.6) is 0 Å². The zero-order valence-corrected chi connectivity index (χ0v) is 21.6. The highest BCUT2D eigenvalue weighted by Gasteiger charge is 2.19. The maximum absolute atomic E-state index is 7.57. The van der Waals surface area contributed by atoms with Gasteiger partial charge in [0.2, 0.25) is 0 Å². The van der Waals surface area contributed by atoms with Gasteiger partial charge in [0.1, 0.15) is 0 Å². The number of benzene rings is 6. The summed E-state index contributed by atoms with van der Waals surface area (Å²) < 4.78 is 4.74. The van der Waals surface area contributed by atoms with Gasteiger partial charge in [-0.25, -0.2) is 4.85 Å². The fraction of sp³-hybridized carbons (Fsp3) is 0. The van der Waals surface area contributed by atoms with Gasteiger partial charge in [-0.2, -0.15) is 0 Å². The second-order valence-electron chi connectivity index (χ2n) is 10.1. The van der Waals surface area contributed by atoms with E-state index in [1.807, 2.05) is 12.1 Å². The fourth-order valence-electron chi connectivity index (χ4n) is 6.26. The fourth-order valence-corrected chi connectivity index (χ4v) is 6.26. The van der Waals surface area contributed by atoms with Gasteiger partial charge >= 0.3 is 0 Å². The summed E-state index contributed by atoms with van der Waals surface area (Å²) in [6, 6.07) is 49.1. The predicted molar refractivity (Wildman–Crippen MR) is 167 cm³/mol. The summed E-state index contributed by atoms with van der Waals surface area (Å²) in [5.74, 6) is 0. The molecule has 6 aromatic carbocycles. The number of rotatable bonds is 3. The summed E-state index contributed by atoms with van der Waals surface area (Å²) in [5, 5.41) is 4.74. The molecule has 3 heteroatoms. The topological polar surface area (TPSA) is 14.2 Å². The van der Waals surface area contributed by atoms with Crippen molar-refractivity contribution in [3.8, 4) is 22.5 Å². The van der Waals surface area contributed by atoms with Crippen LogP contribution in [-0.4, -0.2) is 9.13 Å². The number of aromatic nitrogens is 2. The second kappa shape index (κ2) is 8.73. The molecule has 2 heterocycles. The summed E-state index contributed by atoms with van der Waals surface area (Å²) >= 11 is 0. The largest absolute Gasteiger partial charge is 0.309 e. The van der Waals surface area contributed by atoms with Crippen molar-refractivity contribution in [1.82, 2.24) is 9.13 Å². The summed E-state index contributed by atoms with van der Waals surface area (Å²) in [5.41, 5.74) is 9.82. The molecule has 0 bridgehead atoms. The van der Waals surface area contributed by atoms with Crippen LogP contribution in [0.3, 0.4) is 0 Å². The quantitative estimate of drug-likeness (QED) is 0.210. The summed E-state index contributed by atoms with van der Waals surface area (Å²) in [4.78, 5) is 3.70. The molecule has 0 saturated heterocycles. The first kappa shape index (κ1) is 22.4. The van der Waals surface area contributed by atoms with Gasteiger partial charge in [0, 0.05) is 27.3 Å². The Labute approximate surface area is 231 Å². The molecule has 0 atom stereocenters. The molecule has 0 aliphatic heterocycles. The van der Waals surface area contributed by atoms with Crippen molar-refractivity contribution in [2.24, 2.45) is 0 Å².